The van der Waals surface area contributed by atoms with Crippen molar-refractivity contribution < 1.29 is 0 Å². The van der Waals surface area contributed by atoms with E-state index in [1.54, 1.807) is 0 Å². The molecule has 0 saturated carbocycles. The monoisotopic (exact) mass is 247 g/mol. The number of H-pyrrole nitrogens is 1. The van der Waals surface area contributed by atoms with Gasteiger partial charge in [0.25, 0.3) is 0 Å². The fraction of sp³-hybridized carbons (Fsp3) is 0.538. The molecule has 0 spiro atoms. The molecule has 2 rings (SSSR count). The summed E-state index contributed by atoms with van der Waals surface area (Å²) in [6.45, 7) is 5.23. The zero-order valence-corrected chi connectivity index (χ0v) is 11.3. The first-order valence-corrected chi connectivity index (χ1v) is 6.37. The Morgan fingerprint density at radius 2 is 2.28 bits per heavy atom. The second-order valence-electron chi connectivity index (χ2n) is 4.75. The van der Waals surface area contributed by atoms with Gasteiger partial charge in [-0.1, -0.05) is 0 Å². The van der Waals surface area contributed by atoms with Crippen molar-refractivity contribution in [2.45, 2.75) is 32.7 Å². The summed E-state index contributed by atoms with van der Waals surface area (Å²) in [6.07, 6.45) is 8.07. The van der Waals surface area contributed by atoms with Crippen LogP contribution in [0.3, 0.4) is 0 Å². The number of hydrogen-bond acceptors (Lipinski definition) is 3. The maximum atomic E-state index is 4.18. The maximum absolute atomic E-state index is 4.18. The van der Waals surface area contributed by atoms with Gasteiger partial charge in [-0.25, -0.2) is 0 Å². The Labute approximate surface area is 108 Å². The summed E-state index contributed by atoms with van der Waals surface area (Å²) in [4.78, 5) is 0. The van der Waals surface area contributed by atoms with E-state index in [-0.39, 0.29) is 0 Å². The number of aromatic amines is 1. The van der Waals surface area contributed by atoms with Crippen LogP contribution < -0.4 is 5.32 Å². The Hall–Kier alpha value is -1.62. The minimum atomic E-state index is 0.351. The molecule has 2 aromatic heterocycles. The van der Waals surface area contributed by atoms with Crippen LogP contribution in [0.5, 0.6) is 0 Å². The lowest BCUT2D eigenvalue weighted by Gasteiger charge is -2.11. The summed E-state index contributed by atoms with van der Waals surface area (Å²) in [5, 5.41) is 14.7. The lowest BCUT2D eigenvalue weighted by Crippen LogP contribution is -2.20. The Morgan fingerprint density at radius 3 is 2.89 bits per heavy atom. The predicted molar refractivity (Wildman–Crippen MR) is 71.3 cm³/mol. The number of nitrogens with zero attached hydrogens (tertiary/aromatic N) is 3. The Bertz CT molecular complexity index is 485. The average molecular weight is 247 g/mol. The normalized spacial score (nSPS) is 12.8. The molecule has 0 saturated heterocycles. The van der Waals surface area contributed by atoms with Crippen LogP contribution in [0.2, 0.25) is 0 Å². The van der Waals surface area contributed by atoms with Crippen LogP contribution in [-0.2, 0) is 13.5 Å². The molecule has 18 heavy (non-hydrogen) atoms. The minimum absolute atomic E-state index is 0.351. The topological polar surface area (TPSA) is 58.5 Å². The van der Waals surface area contributed by atoms with Crippen LogP contribution >= 0.6 is 0 Å². The molecule has 0 aromatic carbocycles. The van der Waals surface area contributed by atoms with Gasteiger partial charge in [-0.15, -0.1) is 0 Å². The summed E-state index contributed by atoms with van der Waals surface area (Å²) in [6, 6.07) is 0.351. The lowest BCUT2D eigenvalue weighted by molar-refractivity contribution is 0.557. The highest BCUT2D eigenvalue weighted by atomic mass is 15.2. The van der Waals surface area contributed by atoms with Gasteiger partial charge >= 0.3 is 0 Å². The first kappa shape index (κ1) is 12.8. The van der Waals surface area contributed by atoms with Crippen molar-refractivity contribution in [2.24, 2.45) is 7.05 Å². The van der Waals surface area contributed by atoms with Crippen LogP contribution in [0.15, 0.2) is 18.6 Å². The van der Waals surface area contributed by atoms with Crippen LogP contribution in [0, 0.1) is 6.92 Å². The molecule has 0 amide bonds. The fourth-order valence-electron chi connectivity index (χ4n) is 2.01. The zero-order valence-electron chi connectivity index (χ0n) is 11.3. The third-order valence-electron chi connectivity index (χ3n) is 3.23. The quantitative estimate of drug-likeness (QED) is 0.764. The van der Waals surface area contributed by atoms with Gasteiger partial charge in [0, 0.05) is 30.5 Å². The molecule has 0 bridgehead atoms. The van der Waals surface area contributed by atoms with Gasteiger partial charge in [0.1, 0.15) is 0 Å². The molecule has 0 aliphatic heterocycles. The van der Waals surface area contributed by atoms with Crippen molar-refractivity contribution in [1.29, 1.82) is 0 Å². The van der Waals surface area contributed by atoms with Gasteiger partial charge in [-0.3, -0.25) is 9.78 Å². The number of aryl methyl sites for hydroxylation is 3. The van der Waals surface area contributed by atoms with E-state index >= 15 is 0 Å². The molecule has 2 N–H and O–H groups in total. The van der Waals surface area contributed by atoms with Crippen LogP contribution in [0.1, 0.15) is 36.2 Å². The zero-order chi connectivity index (χ0) is 13.0. The third-order valence-corrected chi connectivity index (χ3v) is 3.23. The van der Waals surface area contributed by atoms with Crippen LogP contribution in [0.25, 0.3) is 0 Å². The van der Waals surface area contributed by atoms with Gasteiger partial charge < -0.3 is 5.32 Å². The second-order valence-corrected chi connectivity index (χ2v) is 4.75. The lowest BCUT2D eigenvalue weighted by atomic mass is 10.1. The van der Waals surface area contributed by atoms with Crippen LogP contribution in [-0.4, -0.2) is 26.5 Å². The minimum Gasteiger partial charge on any atom is -0.310 e. The van der Waals surface area contributed by atoms with E-state index in [1.165, 1.54) is 16.8 Å². The van der Waals surface area contributed by atoms with Crippen molar-refractivity contribution in [3.05, 3.63) is 35.4 Å². The summed E-state index contributed by atoms with van der Waals surface area (Å²) >= 11 is 0. The van der Waals surface area contributed by atoms with Gasteiger partial charge in [-0.2, -0.15) is 10.2 Å². The van der Waals surface area contributed by atoms with E-state index in [2.05, 4.69) is 40.7 Å². The fourth-order valence-corrected chi connectivity index (χ4v) is 2.01. The molecule has 0 aliphatic rings. The highest BCUT2D eigenvalue weighted by Gasteiger charge is 2.06. The van der Waals surface area contributed by atoms with Crippen molar-refractivity contribution in [3.8, 4) is 0 Å². The molecule has 1 atom stereocenters. The summed E-state index contributed by atoms with van der Waals surface area (Å²) in [5.41, 5.74) is 3.72. The third kappa shape index (κ3) is 3.20. The van der Waals surface area contributed by atoms with Crippen molar-refractivity contribution in [1.82, 2.24) is 25.3 Å². The molecule has 0 fully saturated rings. The molecular weight excluding hydrogens is 226 g/mol. The molecule has 1 unspecified atom stereocenters. The first-order valence-electron chi connectivity index (χ1n) is 6.37. The van der Waals surface area contributed by atoms with Crippen LogP contribution in [0.4, 0.5) is 0 Å². The largest absolute Gasteiger partial charge is 0.310 e. The number of nitrogens with one attached hydrogen (secondary N) is 2. The highest BCUT2D eigenvalue weighted by Crippen LogP contribution is 2.10. The molecular formula is C13H21N5. The first-order chi connectivity index (χ1) is 8.66. The smallest absolute Gasteiger partial charge is 0.0537 e. The summed E-state index contributed by atoms with van der Waals surface area (Å²) in [5.74, 6) is 0. The second kappa shape index (κ2) is 5.82. The van der Waals surface area contributed by atoms with E-state index in [0.717, 1.165) is 19.4 Å². The SMILES string of the molecule is Cc1[nH]ncc1CCCNC(C)c1cnn(C)c1. The Balaban J connectivity index is 1.71. The number of hydrogen-bond donors (Lipinski definition) is 2. The molecule has 2 heterocycles. The van der Waals surface area contributed by atoms with Crippen molar-refractivity contribution in [2.75, 3.05) is 6.54 Å². The summed E-state index contributed by atoms with van der Waals surface area (Å²) < 4.78 is 1.84. The number of aromatic nitrogens is 4. The number of rotatable bonds is 6. The van der Waals surface area contributed by atoms with Crippen molar-refractivity contribution in [3.63, 3.8) is 0 Å². The highest BCUT2D eigenvalue weighted by molar-refractivity contribution is 5.14. The molecule has 5 heteroatoms. The van der Waals surface area contributed by atoms with E-state index in [0.29, 0.717) is 6.04 Å². The predicted octanol–water partition coefficient (Wildman–Crippen LogP) is 1.74. The van der Waals surface area contributed by atoms with Gasteiger partial charge in [-0.05, 0) is 38.8 Å². The van der Waals surface area contributed by atoms with Gasteiger partial charge in [0.2, 0.25) is 0 Å². The molecule has 98 valence electrons. The standard InChI is InChI=1S/C13H21N5/c1-10(13-8-16-18(3)9-13)14-6-4-5-12-7-15-17-11(12)2/h7-10,14H,4-6H2,1-3H3,(H,15,17). The van der Waals surface area contributed by atoms with Crippen molar-refractivity contribution >= 4 is 0 Å². The molecule has 0 aliphatic carbocycles. The maximum Gasteiger partial charge on any atom is 0.0537 e. The summed E-state index contributed by atoms with van der Waals surface area (Å²) in [7, 11) is 1.94. The van der Waals surface area contributed by atoms with E-state index in [1.807, 2.05) is 24.1 Å². The van der Waals surface area contributed by atoms with E-state index in [9.17, 15) is 0 Å². The van der Waals surface area contributed by atoms with E-state index < -0.39 is 0 Å². The van der Waals surface area contributed by atoms with Gasteiger partial charge in [0.05, 0.1) is 12.4 Å². The van der Waals surface area contributed by atoms with Gasteiger partial charge in [0.15, 0.2) is 0 Å². The Kier molecular flexibility index (Phi) is 4.15. The molecule has 2 aromatic rings. The Morgan fingerprint density at radius 1 is 1.44 bits per heavy atom. The molecule has 0 radical (unpaired) electrons. The van der Waals surface area contributed by atoms with E-state index in [4.69, 9.17) is 0 Å². The molecule has 5 nitrogen and oxygen atoms in total. The average Bonchev–Trinajstić information content (AvgIpc) is 2.94.